The van der Waals surface area contributed by atoms with Gasteiger partial charge >= 0.3 is 0 Å². The smallest absolute Gasteiger partial charge is 0.128 e. The summed E-state index contributed by atoms with van der Waals surface area (Å²) in [6.07, 6.45) is 0.936. The number of benzene rings is 1. The summed E-state index contributed by atoms with van der Waals surface area (Å²) in [5, 5.41) is 3.38. The number of nitrogens with one attached hydrogen (secondary N) is 1. The van der Waals surface area contributed by atoms with Crippen LogP contribution in [0.1, 0.15) is 32.8 Å². The lowest BCUT2D eigenvalue weighted by Crippen LogP contribution is -2.36. The van der Waals surface area contributed by atoms with Crippen molar-refractivity contribution >= 4 is 0 Å². The number of halogens is 1. The van der Waals surface area contributed by atoms with E-state index in [0.717, 1.165) is 13.0 Å². The van der Waals surface area contributed by atoms with Gasteiger partial charge in [-0.25, -0.2) is 4.39 Å². The Bertz CT molecular complexity index is 333. The van der Waals surface area contributed by atoms with Gasteiger partial charge in [0.2, 0.25) is 0 Å². The second-order valence-electron chi connectivity index (χ2n) is 5.17. The van der Waals surface area contributed by atoms with Gasteiger partial charge in [0, 0.05) is 17.7 Å². The van der Waals surface area contributed by atoms with Crippen molar-refractivity contribution in [1.29, 1.82) is 0 Å². The van der Waals surface area contributed by atoms with E-state index in [1.165, 1.54) is 6.07 Å². The van der Waals surface area contributed by atoms with Crippen LogP contribution in [0.15, 0.2) is 24.3 Å². The molecule has 17 heavy (non-hydrogen) atoms. The van der Waals surface area contributed by atoms with Crippen LogP contribution in [0.25, 0.3) is 0 Å². The molecule has 3 heteroatoms. The quantitative estimate of drug-likeness (QED) is 0.770. The Morgan fingerprint density at radius 3 is 2.59 bits per heavy atom. The van der Waals surface area contributed by atoms with Crippen LogP contribution in [0, 0.1) is 5.82 Å². The lowest BCUT2D eigenvalue weighted by atomic mass is 10.1. The highest BCUT2D eigenvalue weighted by molar-refractivity contribution is 5.16. The molecule has 1 rings (SSSR count). The van der Waals surface area contributed by atoms with Gasteiger partial charge < -0.3 is 10.1 Å². The Labute approximate surface area is 103 Å². The number of hydrogen-bond acceptors (Lipinski definition) is 2. The molecule has 0 unspecified atom stereocenters. The van der Waals surface area contributed by atoms with Crippen molar-refractivity contribution in [2.45, 2.75) is 39.3 Å². The molecule has 0 radical (unpaired) electrons. The van der Waals surface area contributed by atoms with E-state index in [0.29, 0.717) is 18.8 Å². The first-order valence-electron chi connectivity index (χ1n) is 6.05. The summed E-state index contributed by atoms with van der Waals surface area (Å²) in [5.74, 6) is -0.194. The molecule has 0 atom stereocenters. The highest BCUT2D eigenvalue weighted by atomic mass is 19.1. The minimum absolute atomic E-state index is 0.144. The fraction of sp³-hybridized carbons (Fsp3) is 0.571. The van der Waals surface area contributed by atoms with Crippen LogP contribution < -0.4 is 5.32 Å². The van der Waals surface area contributed by atoms with Gasteiger partial charge in [0.15, 0.2) is 0 Å². The number of hydrogen-bond donors (Lipinski definition) is 1. The third kappa shape index (κ3) is 6.39. The van der Waals surface area contributed by atoms with E-state index >= 15 is 0 Å². The molecule has 1 N–H and O–H groups in total. The van der Waals surface area contributed by atoms with Gasteiger partial charge in [0.05, 0.1) is 6.61 Å². The first-order valence-corrected chi connectivity index (χ1v) is 6.05. The maximum atomic E-state index is 13.2. The highest BCUT2D eigenvalue weighted by Gasteiger charge is 2.07. The average Bonchev–Trinajstić information content (AvgIpc) is 2.24. The SMILES string of the molecule is CC(C)(C)NCCCOCc1ccccc1F. The highest BCUT2D eigenvalue weighted by Crippen LogP contribution is 2.07. The Morgan fingerprint density at radius 1 is 1.24 bits per heavy atom. The van der Waals surface area contributed by atoms with Gasteiger partial charge in [-0.05, 0) is 39.8 Å². The molecule has 2 nitrogen and oxygen atoms in total. The minimum atomic E-state index is -0.194. The molecule has 0 amide bonds. The van der Waals surface area contributed by atoms with E-state index in [9.17, 15) is 4.39 Å². The van der Waals surface area contributed by atoms with Crippen molar-refractivity contribution in [1.82, 2.24) is 5.32 Å². The van der Waals surface area contributed by atoms with Gasteiger partial charge in [-0.3, -0.25) is 0 Å². The normalized spacial score (nSPS) is 11.8. The van der Waals surface area contributed by atoms with E-state index in [2.05, 4.69) is 26.1 Å². The predicted molar refractivity (Wildman–Crippen MR) is 68.4 cm³/mol. The lowest BCUT2D eigenvalue weighted by Gasteiger charge is -2.20. The average molecular weight is 239 g/mol. The second kappa shape index (κ2) is 6.72. The molecule has 0 saturated heterocycles. The summed E-state index contributed by atoms with van der Waals surface area (Å²) in [6.45, 7) is 8.31. The van der Waals surface area contributed by atoms with Crippen LogP contribution in [0.3, 0.4) is 0 Å². The Kier molecular flexibility index (Phi) is 5.59. The Balaban J connectivity index is 2.11. The van der Waals surface area contributed by atoms with Gasteiger partial charge in [-0.1, -0.05) is 18.2 Å². The van der Waals surface area contributed by atoms with E-state index in [1.54, 1.807) is 12.1 Å². The van der Waals surface area contributed by atoms with Crippen molar-refractivity contribution < 1.29 is 9.13 Å². The third-order valence-electron chi connectivity index (χ3n) is 2.34. The third-order valence-corrected chi connectivity index (χ3v) is 2.34. The van der Waals surface area contributed by atoms with Crippen molar-refractivity contribution in [3.8, 4) is 0 Å². The number of ether oxygens (including phenoxy) is 1. The molecule has 1 aromatic rings. The summed E-state index contributed by atoms with van der Waals surface area (Å²) in [5.41, 5.74) is 0.766. The van der Waals surface area contributed by atoms with Crippen molar-refractivity contribution in [3.63, 3.8) is 0 Å². The minimum Gasteiger partial charge on any atom is -0.377 e. The van der Waals surface area contributed by atoms with Crippen LogP contribution in [-0.4, -0.2) is 18.7 Å². The molecule has 0 heterocycles. The van der Waals surface area contributed by atoms with Crippen molar-refractivity contribution in [2.24, 2.45) is 0 Å². The Morgan fingerprint density at radius 2 is 1.94 bits per heavy atom. The first kappa shape index (κ1) is 14.1. The van der Waals surface area contributed by atoms with Crippen LogP contribution in [0.5, 0.6) is 0 Å². The van der Waals surface area contributed by atoms with Crippen LogP contribution >= 0.6 is 0 Å². The molecule has 0 aromatic heterocycles. The summed E-state index contributed by atoms with van der Waals surface area (Å²) >= 11 is 0. The van der Waals surface area contributed by atoms with Crippen molar-refractivity contribution in [2.75, 3.05) is 13.2 Å². The van der Waals surface area contributed by atoms with Gasteiger partial charge in [-0.15, -0.1) is 0 Å². The van der Waals surface area contributed by atoms with Crippen LogP contribution in [0.4, 0.5) is 4.39 Å². The molecule has 0 saturated carbocycles. The lowest BCUT2D eigenvalue weighted by molar-refractivity contribution is 0.115. The fourth-order valence-electron chi connectivity index (χ4n) is 1.44. The fourth-order valence-corrected chi connectivity index (χ4v) is 1.44. The van der Waals surface area contributed by atoms with Crippen LogP contribution in [0.2, 0.25) is 0 Å². The summed E-state index contributed by atoms with van der Waals surface area (Å²) in [6, 6.07) is 6.72. The molecule has 96 valence electrons. The molecule has 1 aromatic carbocycles. The molecule has 0 bridgehead atoms. The molecule has 0 aliphatic heterocycles. The van der Waals surface area contributed by atoms with Crippen LogP contribution in [-0.2, 0) is 11.3 Å². The van der Waals surface area contributed by atoms with Gasteiger partial charge in [0.25, 0.3) is 0 Å². The molecule has 0 aliphatic rings. The molecular formula is C14H22FNO. The van der Waals surface area contributed by atoms with E-state index < -0.39 is 0 Å². The molecule has 0 spiro atoms. The second-order valence-corrected chi connectivity index (χ2v) is 5.17. The standard InChI is InChI=1S/C14H22FNO/c1-14(2,3)16-9-6-10-17-11-12-7-4-5-8-13(12)15/h4-5,7-8,16H,6,9-11H2,1-3H3. The maximum absolute atomic E-state index is 13.2. The molecule has 0 fully saturated rings. The van der Waals surface area contributed by atoms with E-state index in [-0.39, 0.29) is 11.4 Å². The zero-order valence-corrected chi connectivity index (χ0v) is 10.9. The van der Waals surface area contributed by atoms with Gasteiger partial charge in [0.1, 0.15) is 5.82 Å². The Hall–Kier alpha value is -0.930. The summed E-state index contributed by atoms with van der Waals surface area (Å²) < 4.78 is 18.7. The molecular weight excluding hydrogens is 217 g/mol. The topological polar surface area (TPSA) is 21.3 Å². The monoisotopic (exact) mass is 239 g/mol. The molecule has 0 aliphatic carbocycles. The summed E-state index contributed by atoms with van der Waals surface area (Å²) in [4.78, 5) is 0. The zero-order valence-electron chi connectivity index (χ0n) is 10.9. The van der Waals surface area contributed by atoms with Crippen molar-refractivity contribution in [3.05, 3.63) is 35.6 Å². The largest absolute Gasteiger partial charge is 0.377 e. The predicted octanol–water partition coefficient (Wildman–Crippen LogP) is 3.12. The zero-order chi connectivity index (χ0) is 12.7. The maximum Gasteiger partial charge on any atom is 0.128 e. The van der Waals surface area contributed by atoms with Gasteiger partial charge in [-0.2, -0.15) is 0 Å². The first-order chi connectivity index (χ1) is 7.99. The number of rotatable bonds is 6. The van der Waals surface area contributed by atoms with E-state index in [1.807, 2.05) is 6.07 Å². The summed E-state index contributed by atoms with van der Waals surface area (Å²) in [7, 11) is 0. The van der Waals surface area contributed by atoms with E-state index in [4.69, 9.17) is 4.74 Å².